The van der Waals surface area contributed by atoms with Crippen LogP contribution >= 0.6 is 0 Å². The SMILES string of the molecule is Cc1ccc2oc3c(C)cccc3c2c1. The topological polar surface area (TPSA) is 13.1 Å². The molecule has 0 N–H and O–H groups in total. The molecule has 15 heavy (non-hydrogen) atoms. The van der Waals surface area contributed by atoms with Crippen LogP contribution < -0.4 is 0 Å². The molecule has 0 amide bonds. The molecule has 3 aromatic rings. The number of aryl methyl sites for hydroxylation is 2. The van der Waals surface area contributed by atoms with E-state index < -0.39 is 0 Å². The fourth-order valence-corrected chi connectivity index (χ4v) is 2.05. The van der Waals surface area contributed by atoms with E-state index in [-0.39, 0.29) is 0 Å². The zero-order chi connectivity index (χ0) is 10.4. The monoisotopic (exact) mass is 196 g/mol. The molecule has 0 saturated carbocycles. The molecule has 0 atom stereocenters. The molecule has 1 nitrogen and oxygen atoms in total. The highest BCUT2D eigenvalue weighted by atomic mass is 16.3. The molecular formula is C14H12O. The van der Waals surface area contributed by atoms with E-state index in [1.54, 1.807) is 0 Å². The Hall–Kier alpha value is -1.76. The summed E-state index contributed by atoms with van der Waals surface area (Å²) in [4.78, 5) is 0. The van der Waals surface area contributed by atoms with E-state index in [0.29, 0.717) is 0 Å². The third-order valence-electron chi connectivity index (χ3n) is 2.85. The largest absolute Gasteiger partial charge is 0.456 e. The van der Waals surface area contributed by atoms with E-state index in [9.17, 15) is 0 Å². The second-order valence-corrected chi connectivity index (χ2v) is 4.05. The molecule has 1 aromatic heterocycles. The van der Waals surface area contributed by atoms with Crippen molar-refractivity contribution >= 4 is 21.9 Å². The van der Waals surface area contributed by atoms with Crippen LogP contribution in [0.25, 0.3) is 21.9 Å². The van der Waals surface area contributed by atoms with Crippen molar-refractivity contribution in [1.29, 1.82) is 0 Å². The molecule has 0 bridgehead atoms. The van der Waals surface area contributed by atoms with Gasteiger partial charge in [0.05, 0.1) is 0 Å². The second kappa shape index (κ2) is 2.86. The minimum atomic E-state index is 0.977. The summed E-state index contributed by atoms with van der Waals surface area (Å²) < 4.78 is 5.84. The van der Waals surface area contributed by atoms with Crippen LogP contribution in [0.2, 0.25) is 0 Å². The molecule has 0 aliphatic heterocycles. The summed E-state index contributed by atoms with van der Waals surface area (Å²) in [5, 5.41) is 2.43. The average molecular weight is 196 g/mol. The van der Waals surface area contributed by atoms with E-state index >= 15 is 0 Å². The Morgan fingerprint density at radius 2 is 1.80 bits per heavy atom. The van der Waals surface area contributed by atoms with Gasteiger partial charge in [-0.15, -0.1) is 0 Å². The molecule has 0 radical (unpaired) electrons. The van der Waals surface area contributed by atoms with Crippen LogP contribution in [0, 0.1) is 13.8 Å². The Morgan fingerprint density at radius 3 is 2.67 bits per heavy atom. The van der Waals surface area contributed by atoms with Gasteiger partial charge in [-0.05, 0) is 31.5 Å². The Balaban J connectivity index is 2.58. The van der Waals surface area contributed by atoms with Crippen molar-refractivity contribution in [2.45, 2.75) is 13.8 Å². The third kappa shape index (κ3) is 1.16. The van der Waals surface area contributed by atoms with Gasteiger partial charge in [-0.1, -0.05) is 29.8 Å². The molecule has 2 aromatic carbocycles. The van der Waals surface area contributed by atoms with Crippen LogP contribution in [0.5, 0.6) is 0 Å². The van der Waals surface area contributed by atoms with Gasteiger partial charge in [0.25, 0.3) is 0 Å². The number of hydrogen-bond donors (Lipinski definition) is 0. The van der Waals surface area contributed by atoms with Gasteiger partial charge >= 0.3 is 0 Å². The zero-order valence-corrected chi connectivity index (χ0v) is 8.87. The predicted octanol–water partition coefficient (Wildman–Crippen LogP) is 4.20. The maximum atomic E-state index is 5.84. The smallest absolute Gasteiger partial charge is 0.138 e. The van der Waals surface area contributed by atoms with Crippen molar-refractivity contribution in [3.05, 3.63) is 47.5 Å². The van der Waals surface area contributed by atoms with Gasteiger partial charge in [0.1, 0.15) is 11.2 Å². The van der Waals surface area contributed by atoms with Crippen molar-refractivity contribution in [3.8, 4) is 0 Å². The molecular weight excluding hydrogens is 184 g/mol. The van der Waals surface area contributed by atoms with Gasteiger partial charge in [0.2, 0.25) is 0 Å². The highest BCUT2D eigenvalue weighted by Gasteiger charge is 2.07. The van der Waals surface area contributed by atoms with Crippen LogP contribution in [-0.2, 0) is 0 Å². The van der Waals surface area contributed by atoms with Crippen molar-refractivity contribution < 1.29 is 4.42 Å². The van der Waals surface area contributed by atoms with Gasteiger partial charge in [-0.2, -0.15) is 0 Å². The minimum Gasteiger partial charge on any atom is -0.456 e. The maximum absolute atomic E-state index is 5.84. The normalized spacial score (nSPS) is 11.3. The van der Waals surface area contributed by atoms with Crippen molar-refractivity contribution in [1.82, 2.24) is 0 Å². The molecule has 0 fully saturated rings. The maximum Gasteiger partial charge on any atom is 0.138 e. The number of benzene rings is 2. The molecule has 0 unspecified atom stereocenters. The summed E-state index contributed by atoms with van der Waals surface area (Å²) in [6.07, 6.45) is 0. The first-order chi connectivity index (χ1) is 7.25. The van der Waals surface area contributed by atoms with Gasteiger partial charge in [-0.3, -0.25) is 0 Å². The highest BCUT2D eigenvalue weighted by molar-refractivity contribution is 6.05. The summed E-state index contributed by atoms with van der Waals surface area (Å²) in [5.41, 5.74) is 4.45. The van der Waals surface area contributed by atoms with Crippen molar-refractivity contribution in [2.24, 2.45) is 0 Å². The third-order valence-corrected chi connectivity index (χ3v) is 2.85. The quantitative estimate of drug-likeness (QED) is 0.525. The number of fused-ring (bicyclic) bond motifs is 3. The Bertz CT molecular complexity index is 647. The van der Waals surface area contributed by atoms with E-state index in [1.807, 2.05) is 6.07 Å². The molecule has 1 heteroatoms. The Labute approximate surface area is 88.3 Å². The molecule has 0 aliphatic carbocycles. The first-order valence-electron chi connectivity index (χ1n) is 5.14. The Morgan fingerprint density at radius 1 is 0.933 bits per heavy atom. The lowest BCUT2D eigenvalue weighted by molar-refractivity contribution is 0.665. The van der Waals surface area contributed by atoms with Gasteiger partial charge in [-0.25, -0.2) is 0 Å². The van der Waals surface area contributed by atoms with Crippen LogP contribution in [-0.4, -0.2) is 0 Å². The summed E-state index contributed by atoms with van der Waals surface area (Å²) in [6, 6.07) is 12.6. The highest BCUT2D eigenvalue weighted by Crippen LogP contribution is 2.30. The van der Waals surface area contributed by atoms with Gasteiger partial charge in [0, 0.05) is 10.8 Å². The molecule has 1 heterocycles. The van der Waals surface area contributed by atoms with Gasteiger partial charge in [0.15, 0.2) is 0 Å². The van der Waals surface area contributed by atoms with E-state index in [0.717, 1.165) is 11.2 Å². The number of furan rings is 1. The van der Waals surface area contributed by atoms with Gasteiger partial charge < -0.3 is 4.42 Å². The van der Waals surface area contributed by atoms with Crippen molar-refractivity contribution in [2.75, 3.05) is 0 Å². The number of hydrogen-bond acceptors (Lipinski definition) is 1. The summed E-state index contributed by atoms with van der Waals surface area (Å²) in [7, 11) is 0. The van der Waals surface area contributed by atoms with Crippen LogP contribution in [0.1, 0.15) is 11.1 Å². The number of para-hydroxylation sites is 1. The van der Waals surface area contributed by atoms with Crippen LogP contribution in [0.4, 0.5) is 0 Å². The predicted molar refractivity (Wildman–Crippen MR) is 63.2 cm³/mol. The lowest BCUT2D eigenvalue weighted by Gasteiger charge is -1.92. The van der Waals surface area contributed by atoms with Crippen molar-refractivity contribution in [3.63, 3.8) is 0 Å². The van der Waals surface area contributed by atoms with E-state index in [2.05, 4.69) is 44.2 Å². The van der Waals surface area contributed by atoms with Crippen LogP contribution in [0.15, 0.2) is 40.8 Å². The molecule has 74 valence electrons. The number of rotatable bonds is 0. The summed E-state index contributed by atoms with van der Waals surface area (Å²) in [5.74, 6) is 0. The standard InChI is InChI=1S/C14H12O/c1-9-6-7-13-12(8-9)11-5-3-4-10(2)14(11)15-13/h3-8H,1-2H3. The fraction of sp³-hybridized carbons (Fsp3) is 0.143. The second-order valence-electron chi connectivity index (χ2n) is 4.05. The zero-order valence-electron chi connectivity index (χ0n) is 8.87. The van der Waals surface area contributed by atoms with E-state index in [1.165, 1.54) is 21.9 Å². The first-order valence-corrected chi connectivity index (χ1v) is 5.14. The first kappa shape index (κ1) is 8.54. The molecule has 0 aliphatic rings. The molecule has 3 rings (SSSR count). The minimum absolute atomic E-state index is 0.977. The van der Waals surface area contributed by atoms with Crippen LogP contribution in [0.3, 0.4) is 0 Å². The lowest BCUT2D eigenvalue weighted by Crippen LogP contribution is -1.72. The summed E-state index contributed by atoms with van der Waals surface area (Å²) in [6.45, 7) is 4.19. The summed E-state index contributed by atoms with van der Waals surface area (Å²) >= 11 is 0. The Kier molecular flexibility index (Phi) is 1.63. The molecule has 0 saturated heterocycles. The fourth-order valence-electron chi connectivity index (χ4n) is 2.05. The average Bonchev–Trinajstić information content (AvgIpc) is 2.58. The molecule has 0 spiro atoms. The van der Waals surface area contributed by atoms with E-state index in [4.69, 9.17) is 4.42 Å². The lowest BCUT2D eigenvalue weighted by atomic mass is 10.1.